The van der Waals surface area contributed by atoms with Gasteiger partial charge in [0.05, 0.1) is 19.8 Å². The highest BCUT2D eigenvalue weighted by Crippen LogP contribution is 2.06. The number of rotatable bonds is 10. The van der Waals surface area contributed by atoms with Crippen LogP contribution in [0.2, 0.25) is 0 Å². The van der Waals surface area contributed by atoms with E-state index in [4.69, 9.17) is 19.9 Å². The smallest absolute Gasteiger partial charge is 0.306 e. The lowest BCUT2D eigenvalue weighted by atomic mass is 10.0. The number of hydrogen-bond donors (Lipinski definition) is 1. The van der Waals surface area contributed by atoms with Gasteiger partial charge in [-0.05, 0) is 12.5 Å². The van der Waals surface area contributed by atoms with Crippen LogP contribution in [-0.4, -0.2) is 46.1 Å². The zero-order valence-electron chi connectivity index (χ0n) is 10.2. The second-order valence-corrected chi connectivity index (χ2v) is 3.54. The summed E-state index contributed by atoms with van der Waals surface area (Å²) >= 11 is 0. The molecule has 1 atom stereocenters. The molecular weight excluding hydrogens is 210 g/mol. The van der Waals surface area contributed by atoms with Gasteiger partial charge >= 0.3 is 5.97 Å². The van der Waals surface area contributed by atoms with Crippen LogP contribution in [0.15, 0.2) is 0 Å². The lowest BCUT2D eigenvalue weighted by molar-refractivity contribution is -0.146. The molecule has 0 spiro atoms. The van der Waals surface area contributed by atoms with Crippen molar-refractivity contribution >= 4 is 5.97 Å². The SMILES string of the molecule is CCC(CN)CC(=O)OCCOCCOC. The Labute approximate surface area is 97.2 Å². The van der Waals surface area contributed by atoms with E-state index in [-0.39, 0.29) is 11.9 Å². The third-order valence-electron chi connectivity index (χ3n) is 2.29. The van der Waals surface area contributed by atoms with Gasteiger partial charge in [0, 0.05) is 13.5 Å². The van der Waals surface area contributed by atoms with Crippen molar-refractivity contribution in [1.29, 1.82) is 0 Å². The van der Waals surface area contributed by atoms with Gasteiger partial charge in [-0.1, -0.05) is 13.3 Å². The van der Waals surface area contributed by atoms with E-state index < -0.39 is 0 Å². The summed E-state index contributed by atoms with van der Waals surface area (Å²) in [7, 11) is 1.61. The van der Waals surface area contributed by atoms with Crippen molar-refractivity contribution in [2.24, 2.45) is 11.7 Å². The first-order valence-electron chi connectivity index (χ1n) is 5.66. The Kier molecular flexibility index (Phi) is 10.4. The lowest BCUT2D eigenvalue weighted by Gasteiger charge is -2.11. The second-order valence-electron chi connectivity index (χ2n) is 3.54. The fourth-order valence-corrected chi connectivity index (χ4v) is 1.15. The molecule has 0 fully saturated rings. The highest BCUT2D eigenvalue weighted by Gasteiger charge is 2.11. The summed E-state index contributed by atoms with van der Waals surface area (Å²) in [4.78, 5) is 11.3. The van der Waals surface area contributed by atoms with Gasteiger partial charge in [-0.15, -0.1) is 0 Å². The maximum Gasteiger partial charge on any atom is 0.306 e. The predicted octanol–water partition coefficient (Wildman–Crippen LogP) is 0.568. The topological polar surface area (TPSA) is 70.8 Å². The summed E-state index contributed by atoms with van der Waals surface area (Å²) in [6.45, 7) is 4.32. The monoisotopic (exact) mass is 233 g/mol. The van der Waals surface area contributed by atoms with Crippen LogP contribution in [0.5, 0.6) is 0 Å². The Balaban J connectivity index is 3.36. The summed E-state index contributed by atoms with van der Waals surface area (Å²) in [5.41, 5.74) is 5.49. The second kappa shape index (κ2) is 10.9. The van der Waals surface area contributed by atoms with Gasteiger partial charge in [0.1, 0.15) is 6.61 Å². The van der Waals surface area contributed by atoms with Gasteiger partial charge in [-0.3, -0.25) is 4.79 Å². The van der Waals surface area contributed by atoms with E-state index in [1.54, 1.807) is 7.11 Å². The standard InChI is InChI=1S/C11H23NO4/c1-3-10(9-12)8-11(13)16-7-6-15-5-4-14-2/h10H,3-9,12H2,1-2H3. The van der Waals surface area contributed by atoms with Crippen molar-refractivity contribution in [3.8, 4) is 0 Å². The maximum atomic E-state index is 11.3. The molecule has 0 aliphatic heterocycles. The van der Waals surface area contributed by atoms with Crippen molar-refractivity contribution in [1.82, 2.24) is 0 Å². The molecule has 0 saturated carbocycles. The van der Waals surface area contributed by atoms with Crippen LogP contribution >= 0.6 is 0 Å². The molecule has 0 amide bonds. The first-order valence-corrected chi connectivity index (χ1v) is 5.66. The molecule has 0 aliphatic rings. The zero-order valence-corrected chi connectivity index (χ0v) is 10.2. The zero-order chi connectivity index (χ0) is 12.2. The molecule has 5 heteroatoms. The molecule has 0 aliphatic carbocycles. The van der Waals surface area contributed by atoms with E-state index in [1.807, 2.05) is 6.92 Å². The van der Waals surface area contributed by atoms with Crippen LogP contribution in [0.4, 0.5) is 0 Å². The van der Waals surface area contributed by atoms with Gasteiger partial charge in [0.2, 0.25) is 0 Å². The Bertz CT molecular complexity index is 171. The number of ether oxygens (including phenoxy) is 3. The summed E-state index contributed by atoms with van der Waals surface area (Å²) in [6.07, 6.45) is 1.29. The van der Waals surface area contributed by atoms with Crippen LogP contribution in [0.1, 0.15) is 19.8 Å². The molecular formula is C11H23NO4. The molecule has 0 bridgehead atoms. The van der Waals surface area contributed by atoms with E-state index in [9.17, 15) is 4.79 Å². The number of carbonyl (C=O) groups is 1. The minimum Gasteiger partial charge on any atom is -0.463 e. The lowest BCUT2D eigenvalue weighted by Crippen LogP contribution is -2.20. The third-order valence-corrected chi connectivity index (χ3v) is 2.29. The summed E-state index contributed by atoms with van der Waals surface area (Å²) < 4.78 is 15.0. The normalized spacial score (nSPS) is 12.4. The van der Waals surface area contributed by atoms with E-state index in [0.29, 0.717) is 39.4 Å². The van der Waals surface area contributed by atoms with Gasteiger partial charge in [-0.25, -0.2) is 0 Å². The molecule has 1 unspecified atom stereocenters. The van der Waals surface area contributed by atoms with Crippen LogP contribution in [-0.2, 0) is 19.0 Å². The minimum atomic E-state index is -0.201. The quantitative estimate of drug-likeness (QED) is 0.441. The Morgan fingerprint density at radius 3 is 2.50 bits per heavy atom. The van der Waals surface area contributed by atoms with Gasteiger partial charge in [0.15, 0.2) is 0 Å². The highest BCUT2D eigenvalue weighted by molar-refractivity contribution is 5.69. The highest BCUT2D eigenvalue weighted by atomic mass is 16.6. The Morgan fingerprint density at radius 2 is 1.94 bits per heavy atom. The molecule has 0 aromatic rings. The average molecular weight is 233 g/mol. The maximum absolute atomic E-state index is 11.3. The van der Waals surface area contributed by atoms with Crippen molar-refractivity contribution in [3.05, 3.63) is 0 Å². The van der Waals surface area contributed by atoms with Crippen LogP contribution in [0.25, 0.3) is 0 Å². The molecule has 0 radical (unpaired) electrons. The van der Waals surface area contributed by atoms with Gasteiger partial charge in [-0.2, -0.15) is 0 Å². The predicted molar refractivity (Wildman–Crippen MR) is 61.1 cm³/mol. The van der Waals surface area contributed by atoms with E-state index >= 15 is 0 Å². The number of methoxy groups -OCH3 is 1. The molecule has 0 aromatic carbocycles. The molecule has 0 aromatic heterocycles. The van der Waals surface area contributed by atoms with Crippen molar-refractivity contribution < 1.29 is 19.0 Å². The molecule has 16 heavy (non-hydrogen) atoms. The van der Waals surface area contributed by atoms with Crippen LogP contribution < -0.4 is 5.73 Å². The van der Waals surface area contributed by atoms with Crippen molar-refractivity contribution in [2.75, 3.05) is 40.1 Å². The summed E-state index contributed by atoms with van der Waals surface area (Å²) in [5.74, 6) is 0.0227. The van der Waals surface area contributed by atoms with Crippen molar-refractivity contribution in [3.63, 3.8) is 0 Å². The molecule has 0 rings (SSSR count). The average Bonchev–Trinajstić information content (AvgIpc) is 2.30. The van der Waals surface area contributed by atoms with E-state index in [0.717, 1.165) is 6.42 Å². The Morgan fingerprint density at radius 1 is 1.25 bits per heavy atom. The number of nitrogens with two attached hydrogens (primary N) is 1. The number of hydrogen-bond acceptors (Lipinski definition) is 5. The molecule has 0 saturated heterocycles. The van der Waals surface area contributed by atoms with Crippen molar-refractivity contribution in [2.45, 2.75) is 19.8 Å². The van der Waals surface area contributed by atoms with E-state index in [1.165, 1.54) is 0 Å². The van der Waals surface area contributed by atoms with Crippen LogP contribution in [0.3, 0.4) is 0 Å². The molecule has 96 valence electrons. The first kappa shape index (κ1) is 15.3. The van der Waals surface area contributed by atoms with Gasteiger partial charge in [0.25, 0.3) is 0 Å². The molecule has 0 heterocycles. The van der Waals surface area contributed by atoms with Crippen LogP contribution in [0, 0.1) is 5.92 Å². The number of esters is 1. The van der Waals surface area contributed by atoms with E-state index in [2.05, 4.69) is 0 Å². The summed E-state index contributed by atoms with van der Waals surface area (Å²) in [6, 6.07) is 0. The third kappa shape index (κ3) is 8.64. The Hall–Kier alpha value is -0.650. The largest absolute Gasteiger partial charge is 0.463 e. The first-order chi connectivity index (χ1) is 7.74. The molecule has 2 N–H and O–H groups in total. The minimum absolute atomic E-state index is 0.201. The summed E-state index contributed by atoms with van der Waals surface area (Å²) in [5, 5.41) is 0. The fourth-order valence-electron chi connectivity index (χ4n) is 1.15. The molecule has 5 nitrogen and oxygen atoms in total. The number of carbonyl (C=O) groups excluding carboxylic acids is 1. The van der Waals surface area contributed by atoms with Gasteiger partial charge < -0.3 is 19.9 Å². The fraction of sp³-hybridized carbons (Fsp3) is 0.909.